The lowest BCUT2D eigenvalue weighted by Crippen LogP contribution is -2.31. The number of anilines is 1. The van der Waals surface area contributed by atoms with E-state index in [0.29, 0.717) is 35.7 Å². The number of hydrogen-bond donors (Lipinski definition) is 3. The summed E-state index contributed by atoms with van der Waals surface area (Å²) < 4.78 is 38.4. The summed E-state index contributed by atoms with van der Waals surface area (Å²) in [4.78, 5) is 4.37. The van der Waals surface area contributed by atoms with E-state index in [9.17, 15) is 18.3 Å². The standard InChI is InChI=1S/C19H18F3N5O/c20-19(21,22)13-5-3-11(4-6-13)16-17-14(2-1-7-24-17)18(27-26-16)25-15-9-23-8-12(15)10-28/h1-7,12,15,23,28H,8-10H2,(H,25,27)/t12-,15+/m0/s1. The molecular weight excluding hydrogens is 371 g/mol. The van der Waals surface area contributed by atoms with Crippen LogP contribution in [0.25, 0.3) is 22.2 Å². The van der Waals surface area contributed by atoms with Gasteiger partial charge in [0.05, 0.1) is 5.56 Å². The number of hydrogen-bond acceptors (Lipinski definition) is 6. The quantitative estimate of drug-likeness (QED) is 0.637. The third-order valence-electron chi connectivity index (χ3n) is 4.92. The second-order valence-corrected chi connectivity index (χ2v) is 6.72. The van der Waals surface area contributed by atoms with E-state index >= 15 is 0 Å². The lowest BCUT2D eigenvalue weighted by Gasteiger charge is -2.19. The first-order valence-electron chi connectivity index (χ1n) is 8.84. The number of aromatic nitrogens is 3. The Labute approximate surface area is 158 Å². The number of rotatable bonds is 4. The van der Waals surface area contributed by atoms with Crippen LogP contribution in [0, 0.1) is 5.92 Å². The van der Waals surface area contributed by atoms with Gasteiger partial charge >= 0.3 is 6.18 Å². The first-order chi connectivity index (χ1) is 13.5. The average Bonchev–Trinajstić information content (AvgIpc) is 3.15. The predicted molar refractivity (Wildman–Crippen MR) is 98.6 cm³/mol. The van der Waals surface area contributed by atoms with Crippen LogP contribution >= 0.6 is 0 Å². The molecule has 0 saturated carbocycles. The Kier molecular flexibility index (Phi) is 4.86. The van der Waals surface area contributed by atoms with Crippen molar-refractivity contribution in [1.82, 2.24) is 20.5 Å². The summed E-state index contributed by atoms with van der Waals surface area (Å²) in [6.45, 7) is 1.45. The molecule has 9 heteroatoms. The molecule has 0 unspecified atom stereocenters. The largest absolute Gasteiger partial charge is 0.416 e. The molecule has 2 aromatic heterocycles. The SMILES string of the molecule is OC[C@@H]1CNC[C@H]1Nc1nnc(-c2ccc(C(F)(F)F)cc2)c2ncccc12. The number of benzene rings is 1. The summed E-state index contributed by atoms with van der Waals surface area (Å²) in [5.41, 5.74) is 0.749. The zero-order valence-corrected chi connectivity index (χ0v) is 14.7. The monoisotopic (exact) mass is 389 g/mol. The Hall–Kier alpha value is -2.78. The second-order valence-electron chi connectivity index (χ2n) is 6.72. The Bertz CT molecular complexity index is 977. The van der Waals surface area contributed by atoms with Crippen molar-refractivity contribution in [1.29, 1.82) is 0 Å². The molecule has 2 atom stereocenters. The summed E-state index contributed by atoms with van der Waals surface area (Å²) in [7, 11) is 0. The van der Waals surface area contributed by atoms with Gasteiger partial charge in [0, 0.05) is 48.8 Å². The maximum Gasteiger partial charge on any atom is 0.416 e. The normalized spacial score (nSPS) is 19.9. The van der Waals surface area contributed by atoms with E-state index in [4.69, 9.17) is 0 Å². The van der Waals surface area contributed by atoms with Gasteiger partial charge in [-0.05, 0) is 24.3 Å². The summed E-state index contributed by atoms with van der Waals surface area (Å²) in [6.07, 6.45) is -2.79. The molecule has 0 amide bonds. The van der Waals surface area contributed by atoms with Crippen molar-refractivity contribution >= 4 is 16.7 Å². The third-order valence-corrected chi connectivity index (χ3v) is 4.92. The van der Waals surface area contributed by atoms with Crippen LogP contribution in [0.3, 0.4) is 0 Å². The van der Waals surface area contributed by atoms with E-state index in [-0.39, 0.29) is 18.6 Å². The van der Waals surface area contributed by atoms with E-state index in [1.165, 1.54) is 12.1 Å². The van der Waals surface area contributed by atoms with Crippen LogP contribution in [0.5, 0.6) is 0 Å². The molecule has 0 bridgehead atoms. The molecule has 1 aliphatic rings. The fourth-order valence-corrected chi connectivity index (χ4v) is 3.37. The molecule has 6 nitrogen and oxygen atoms in total. The molecule has 1 fully saturated rings. The number of nitrogens with zero attached hydrogens (tertiary/aromatic N) is 3. The number of halogens is 3. The first kappa shape index (κ1) is 18.6. The number of nitrogens with one attached hydrogen (secondary N) is 2. The highest BCUT2D eigenvalue weighted by atomic mass is 19.4. The molecule has 1 aromatic carbocycles. The van der Waals surface area contributed by atoms with Crippen molar-refractivity contribution in [2.24, 2.45) is 5.92 Å². The van der Waals surface area contributed by atoms with Crippen LogP contribution in [-0.4, -0.2) is 46.0 Å². The summed E-state index contributed by atoms with van der Waals surface area (Å²) >= 11 is 0. The maximum absolute atomic E-state index is 12.8. The molecule has 3 heterocycles. The molecule has 3 N–H and O–H groups in total. The number of fused-ring (bicyclic) bond motifs is 1. The van der Waals surface area contributed by atoms with E-state index in [1.807, 2.05) is 6.07 Å². The van der Waals surface area contributed by atoms with E-state index in [1.54, 1.807) is 12.3 Å². The summed E-state index contributed by atoms with van der Waals surface area (Å²) in [5.74, 6) is 0.592. The van der Waals surface area contributed by atoms with Gasteiger partial charge < -0.3 is 15.7 Å². The number of aliphatic hydroxyl groups excluding tert-OH is 1. The third kappa shape index (κ3) is 3.50. The molecule has 3 aromatic rings. The van der Waals surface area contributed by atoms with Crippen molar-refractivity contribution in [2.75, 3.05) is 25.0 Å². The second kappa shape index (κ2) is 7.33. The van der Waals surface area contributed by atoms with Gasteiger partial charge in [0.1, 0.15) is 11.2 Å². The number of aliphatic hydroxyl groups is 1. The average molecular weight is 389 g/mol. The van der Waals surface area contributed by atoms with Gasteiger partial charge in [-0.2, -0.15) is 13.2 Å². The minimum absolute atomic E-state index is 0.000347. The van der Waals surface area contributed by atoms with Crippen molar-refractivity contribution in [3.63, 3.8) is 0 Å². The van der Waals surface area contributed by atoms with Crippen LogP contribution in [0.1, 0.15) is 5.56 Å². The molecule has 0 aliphatic carbocycles. The van der Waals surface area contributed by atoms with Gasteiger partial charge in [0.2, 0.25) is 0 Å². The van der Waals surface area contributed by atoms with Crippen LogP contribution in [0.2, 0.25) is 0 Å². The number of pyridine rings is 1. The first-order valence-corrected chi connectivity index (χ1v) is 8.84. The van der Waals surface area contributed by atoms with Crippen LogP contribution in [0.4, 0.5) is 19.0 Å². The highest BCUT2D eigenvalue weighted by Gasteiger charge is 2.30. The Morgan fingerprint density at radius 2 is 1.89 bits per heavy atom. The highest BCUT2D eigenvalue weighted by Crippen LogP contribution is 2.33. The van der Waals surface area contributed by atoms with Crippen LogP contribution in [-0.2, 0) is 6.18 Å². The van der Waals surface area contributed by atoms with Gasteiger partial charge in [-0.3, -0.25) is 4.98 Å². The van der Waals surface area contributed by atoms with Crippen molar-refractivity contribution < 1.29 is 18.3 Å². The minimum atomic E-state index is -4.39. The molecule has 0 spiro atoms. The fraction of sp³-hybridized carbons (Fsp3) is 0.316. The predicted octanol–water partition coefficient (Wildman–Crippen LogP) is 2.70. The van der Waals surface area contributed by atoms with Crippen LogP contribution < -0.4 is 10.6 Å². The lowest BCUT2D eigenvalue weighted by atomic mass is 10.0. The molecule has 1 aliphatic heterocycles. The van der Waals surface area contributed by atoms with Crippen molar-refractivity contribution in [2.45, 2.75) is 12.2 Å². The summed E-state index contributed by atoms with van der Waals surface area (Å²) in [5, 5.41) is 25.2. The Morgan fingerprint density at radius 1 is 1.11 bits per heavy atom. The Balaban J connectivity index is 1.72. The molecule has 0 radical (unpaired) electrons. The molecule has 4 rings (SSSR count). The highest BCUT2D eigenvalue weighted by molar-refractivity contribution is 5.97. The van der Waals surface area contributed by atoms with E-state index in [0.717, 1.165) is 17.5 Å². The van der Waals surface area contributed by atoms with E-state index in [2.05, 4.69) is 25.8 Å². The smallest absolute Gasteiger partial charge is 0.396 e. The minimum Gasteiger partial charge on any atom is -0.396 e. The maximum atomic E-state index is 12.8. The zero-order valence-electron chi connectivity index (χ0n) is 14.7. The zero-order chi connectivity index (χ0) is 19.7. The lowest BCUT2D eigenvalue weighted by molar-refractivity contribution is -0.137. The Morgan fingerprint density at radius 3 is 2.61 bits per heavy atom. The molecule has 1 saturated heterocycles. The van der Waals surface area contributed by atoms with Gasteiger partial charge in [0.25, 0.3) is 0 Å². The summed E-state index contributed by atoms with van der Waals surface area (Å²) in [6, 6.07) is 8.39. The topological polar surface area (TPSA) is 83.0 Å². The van der Waals surface area contributed by atoms with Gasteiger partial charge in [0.15, 0.2) is 5.82 Å². The van der Waals surface area contributed by atoms with Crippen molar-refractivity contribution in [3.05, 3.63) is 48.2 Å². The fourth-order valence-electron chi connectivity index (χ4n) is 3.37. The van der Waals surface area contributed by atoms with E-state index < -0.39 is 11.7 Å². The van der Waals surface area contributed by atoms with Gasteiger partial charge in [-0.25, -0.2) is 0 Å². The van der Waals surface area contributed by atoms with Crippen LogP contribution in [0.15, 0.2) is 42.6 Å². The van der Waals surface area contributed by atoms with Gasteiger partial charge in [-0.15, -0.1) is 10.2 Å². The molecule has 28 heavy (non-hydrogen) atoms. The molecule has 146 valence electrons. The molecular formula is C19H18F3N5O. The van der Waals surface area contributed by atoms with Gasteiger partial charge in [-0.1, -0.05) is 12.1 Å². The number of alkyl halides is 3. The van der Waals surface area contributed by atoms with Crippen molar-refractivity contribution in [3.8, 4) is 11.3 Å².